The van der Waals surface area contributed by atoms with E-state index in [-0.39, 0.29) is 0 Å². The first-order chi connectivity index (χ1) is 9.74. The van der Waals surface area contributed by atoms with Crippen LogP contribution in [0.15, 0.2) is 66.4 Å². The standard InChI is InChI=1S/C17H15NO2/c19-17(20)15-10-14-8-4-5-9-16(14)18(12-15)11-13-6-2-1-3-7-13/h1-9,12H,10-11H2,(H,19,20). The number of aliphatic carboxylic acids is 1. The van der Waals surface area contributed by atoms with Crippen LogP contribution in [0, 0.1) is 0 Å². The van der Waals surface area contributed by atoms with Gasteiger partial charge in [-0.3, -0.25) is 0 Å². The molecule has 0 amide bonds. The lowest BCUT2D eigenvalue weighted by molar-refractivity contribution is -0.132. The van der Waals surface area contributed by atoms with E-state index in [1.807, 2.05) is 59.5 Å². The number of carbonyl (C=O) groups is 1. The van der Waals surface area contributed by atoms with Crippen molar-refractivity contribution in [3.8, 4) is 0 Å². The van der Waals surface area contributed by atoms with E-state index in [1.165, 1.54) is 0 Å². The largest absolute Gasteiger partial charge is 0.478 e. The summed E-state index contributed by atoms with van der Waals surface area (Å²) in [4.78, 5) is 13.3. The number of fused-ring (bicyclic) bond motifs is 1. The zero-order valence-corrected chi connectivity index (χ0v) is 11.0. The van der Waals surface area contributed by atoms with Crippen LogP contribution in [0.2, 0.25) is 0 Å². The second kappa shape index (κ2) is 5.21. The number of anilines is 1. The number of hydrogen-bond donors (Lipinski definition) is 1. The van der Waals surface area contributed by atoms with Gasteiger partial charge in [0.2, 0.25) is 0 Å². The summed E-state index contributed by atoms with van der Waals surface area (Å²) in [6, 6.07) is 18.0. The molecule has 2 aromatic rings. The molecule has 0 atom stereocenters. The third kappa shape index (κ3) is 2.43. The molecule has 3 heteroatoms. The Morgan fingerprint density at radius 2 is 1.75 bits per heavy atom. The molecule has 1 heterocycles. The fourth-order valence-corrected chi connectivity index (χ4v) is 2.49. The van der Waals surface area contributed by atoms with E-state index in [0.717, 1.165) is 16.8 Å². The minimum absolute atomic E-state index is 0.430. The SMILES string of the molecule is O=C(O)C1=CN(Cc2ccccc2)c2ccccc2C1. The summed E-state index contributed by atoms with van der Waals surface area (Å²) in [6.07, 6.45) is 2.23. The van der Waals surface area contributed by atoms with Crippen LogP contribution in [0.4, 0.5) is 5.69 Å². The number of rotatable bonds is 3. The normalized spacial score (nSPS) is 13.6. The maximum Gasteiger partial charge on any atom is 0.333 e. The monoisotopic (exact) mass is 265 g/mol. The maximum atomic E-state index is 11.3. The smallest absolute Gasteiger partial charge is 0.333 e. The van der Waals surface area contributed by atoms with Gasteiger partial charge < -0.3 is 10.0 Å². The molecule has 1 aliphatic rings. The van der Waals surface area contributed by atoms with Gasteiger partial charge >= 0.3 is 5.97 Å². The zero-order chi connectivity index (χ0) is 13.9. The first kappa shape index (κ1) is 12.5. The van der Waals surface area contributed by atoms with Crippen molar-refractivity contribution in [2.75, 3.05) is 4.90 Å². The predicted octanol–water partition coefficient (Wildman–Crippen LogP) is 3.22. The third-order valence-electron chi connectivity index (χ3n) is 3.46. The van der Waals surface area contributed by atoms with Crippen molar-refractivity contribution in [2.45, 2.75) is 13.0 Å². The van der Waals surface area contributed by atoms with E-state index in [9.17, 15) is 9.90 Å². The lowest BCUT2D eigenvalue weighted by atomic mass is 9.99. The summed E-state index contributed by atoms with van der Waals surface area (Å²) in [7, 11) is 0. The van der Waals surface area contributed by atoms with Crippen LogP contribution in [0.3, 0.4) is 0 Å². The lowest BCUT2D eigenvalue weighted by Gasteiger charge is -2.28. The van der Waals surface area contributed by atoms with Gasteiger partial charge in [0.25, 0.3) is 0 Å². The fraction of sp³-hybridized carbons (Fsp3) is 0.118. The Morgan fingerprint density at radius 1 is 1.05 bits per heavy atom. The molecule has 1 aliphatic heterocycles. The first-order valence-electron chi connectivity index (χ1n) is 6.56. The summed E-state index contributed by atoms with van der Waals surface area (Å²) in [5.41, 5.74) is 3.73. The van der Waals surface area contributed by atoms with Crippen LogP contribution in [0.25, 0.3) is 0 Å². The summed E-state index contributed by atoms with van der Waals surface area (Å²) in [5, 5.41) is 9.25. The van der Waals surface area contributed by atoms with Crippen LogP contribution < -0.4 is 4.90 Å². The van der Waals surface area contributed by atoms with Crippen LogP contribution >= 0.6 is 0 Å². The molecule has 20 heavy (non-hydrogen) atoms. The average molecular weight is 265 g/mol. The maximum absolute atomic E-state index is 11.3. The van der Waals surface area contributed by atoms with Gasteiger partial charge in [-0.1, -0.05) is 48.5 Å². The number of benzene rings is 2. The highest BCUT2D eigenvalue weighted by Crippen LogP contribution is 2.30. The molecule has 100 valence electrons. The zero-order valence-electron chi connectivity index (χ0n) is 11.0. The summed E-state index contributed by atoms with van der Waals surface area (Å²) >= 11 is 0. The molecular weight excluding hydrogens is 250 g/mol. The Kier molecular flexibility index (Phi) is 3.25. The summed E-state index contributed by atoms with van der Waals surface area (Å²) in [6.45, 7) is 0.675. The van der Waals surface area contributed by atoms with Crippen molar-refractivity contribution in [1.82, 2.24) is 0 Å². The topological polar surface area (TPSA) is 40.5 Å². The van der Waals surface area contributed by atoms with E-state index in [4.69, 9.17) is 0 Å². The van der Waals surface area contributed by atoms with E-state index < -0.39 is 5.97 Å². The third-order valence-corrected chi connectivity index (χ3v) is 3.46. The van der Waals surface area contributed by atoms with Gasteiger partial charge in [0.1, 0.15) is 0 Å². The highest BCUT2D eigenvalue weighted by Gasteiger charge is 2.20. The van der Waals surface area contributed by atoms with Crippen molar-refractivity contribution in [3.05, 3.63) is 77.5 Å². The van der Waals surface area contributed by atoms with Crippen LogP contribution in [0.1, 0.15) is 11.1 Å². The number of hydrogen-bond acceptors (Lipinski definition) is 2. The average Bonchev–Trinajstić information content (AvgIpc) is 2.48. The Bertz CT molecular complexity index is 662. The lowest BCUT2D eigenvalue weighted by Crippen LogP contribution is -2.24. The molecule has 0 bridgehead atoms. The number of para-hydroxylation sites is 1. The molecule has 3 rings (SSSR count). The summed E-state index contributed by atoms with van der Waals surface area (Å²) in [5.74, 6) is -0.849. The van der Waals surface area contributed by atoms with Gasteiger partial charge in [0, 0.05) is 24.9 Å². The van der Waals surface area contributed by atoms with E-state index in [1.54, 1.807) is 6.20 Å². The van der Waals surface area contributed by atoms with Crippen LogP contribution in [-0.2, 0) is 17.8 Å². The molecule has 0 fully saturated rings. The Labute approximate surface area is 117 Å². The van der Waals surface area contributed by atoms with Crippen molar-refractivity contribution in [3.63, 3.8) is 0 Å². The van der Waals surface area contributed by atoms with Gasteiger partial charge in [0.05, 0.1) is 5.57 Å². The molecular formula is C17H15NO2. The number of carboxylic acids is 1. The van der Waals surface area contributed by atoms with Gasteiger partial charge in [-0.15, -0.1) is 0 Å². The highest BCUT2D eigenvalue weighted by molar-refractivity contribution is 5.89. The highest BCUT2D eigenvalue weighted by atomic mass is 16.4. The van der Waals surface area contributed by atoms with Gasteiger partial charge in [0.15, 0.2) is 0 Å². The first-order valence-corrected chi connectivity index (χ1v) is 6.56. The van der Waals surface area contributed by atoms with Crippen LogP contribution in [0.5, 0.6) is 0 Å². The fourth-order valence-electron chi connectivity index (χ4n) is 2.49. The van der Waals surface area contributed by atoms with E-state index in [2.05, 4.69) is 0 Å². The molecule has 0 radical (unpaired) electrons. The van der Waals surface area contributed by atoms with Crippen molar-refractivity contribution >= 4 is 11.7 Å². The minimum Gasteiger partial charge on any atom is -0.478 e. The molecule has 1 N–H and O–H groups in total. The van der Waals surface area contributed by atoms with Crippen molar-refractivity contribution in [1.29, 1.82) is 0 Å². The Morgan fingerprint density at radius 3 is 2.50 bits per heavy atom. The second-order valence-electron chi connectivity index (χ2n) is 4.88. The molecule has 0 unspecified atom stereocenters. The van der Waals surface area contributed by atoms with Crippen molar-refractivity contribution in [2.24, 2.45) is 0 Å². The molecule has 0 saturated carbocycles. The van der Waals surface area contributed by atoms with Gasteiger partial charge in [-0.05, 0) is 17.2 Å². The minimum atomic E-state index is -0.849. The summed E-state index contributed by atoms with van der Waals surface area (Å²) < 4.78 is 0. The molecule has 0 spiro atoms. The predicted molar refractivity (Wildman–Crippen MR) is 78.5 cm³/mol. The molecule has 2 aromatic carbocycles. The van der Waals surface area contributed by atoms with Gasteiger partial charge in [-0.2, -0.15) is 0 Å². The Balaban J connectivity index is 1.97. The number of carboxylic acid groups (broad SMARTS) is 1. The molecule has 0 saturated heterocycles. The van der Waals surface area contributed by atoms with Crippen LogP contribution in [-0.4, -0.2) is 11.1 Å². The van der Waals surface area contributed by atoms with Crippen molar-refractivity contribution < 1.29 is 9.90 Å². The molecule has 3 nitrogen and oxygen atoms in total. The second-order valence-corrected chi connectivity index (χ2v) is 4.88. The number of nitrogens with zero attached hydrogens (tertiary/aromatic N) is 1. The Hall–Kier alpha value is -2.55. The molecule has 0 aliphatic carbocycles. The van der Waals surface area contributed by atoms with E-state index in [0.29, 0.717) is 18.5 Å². The van der Waals surface area contributed by atoms with E-state index >= 15 is 0 Å². The quantitative estimate of drug-likeness (QED) is 0.926. The molecule has 0 aromatic heterocycles. The van der Waals surface area contributed by atoms with Gasteiger partial charge in [-0.25, -0.2) is 4.79 Å².